The summed E-state index contributed by atoms with van der Waals surface area (Å²) >= 11 is 0. The van der Waals surface area contributed by atoms with Crippen LogP contribution in [-0.2, 0) is 4.74 Å². The quantitative estimate of drug-likeness (QED) is 0.655. The van der Waals surface area contributed by atoms with Gasteiger partial charge in [-0.2, -0.15) is 0 Å². The highest BCUT2D eigenvalue weighted by Gasteiger charge is 2.16. The van der Waals surface area contributed by atoms with E-state index in [1.807, 2.05) is 14.0 Å². The number of anilines is 1. The van der Waals surface area contributed by atoms with Crippen LogP contribution >= 0.6 is 0 Å². The zero-order valence-electron chi connectivity index (χ0n) is 10.5. The summed E-state index contributed by atoms with van der Waals surface area (Å²) in [6.45, 7) is 3.55. The van der Waals surface area contributed by atoms with E-state index in [0.29, 0.717) is 31.6 Å². The molecular weight excluding hydrogens is 224 g/mol. The Kier molecular flexibility index (Phi) is 5.88. The Balaban J connectivity index is 2.69. The van der Waals surface area contributed by atoms with Crippen LogP contribution in [0.3, 0.4) is 0 Å². The van der Waals surface area contributed by atoms with Crippen LogP contribution in [0, 0.1) is 0 Å². The molecule has 0 aliphatic heterocycles. The Morgan fingerprint density at radius 1 is 1.47 bits per heavy atom. The predicted molar refractivity (Wildman–Crippen MR) is 62.9 cm³/mol. The summed E-state index contributed by atoms with van der Waals surface area (Å²) in [7, 11) is 3.45. The third kappa shape index (κ3) is 3.95. The predicted octanol–water partition coefficient (Wildman–Crippen LogP) is -0.205. The van der Waals surface area contributed by atoms with Crippen molar-refractivity contribution in [3.8, 4) is 0 Å². The van der Waals surface area contributed by atoms with Crippen molar-refractivity contribution >= 4 is 6.01 Å². The maximum absolute atomic E-state index is 8.97. The first kappa shape index (κ1) is 13.9. The average molecular weight is 244 g/mol. The lowest BCUT2D eigenvalue weighted by Gasteiger charge is -2.18. The molecule has 0 spiro atoms. The zero-order chi connectivity index (χ0) is 12.7. The molecule has 7 heteroatoms. The van der Waals surface area contributed by atoms with Crippen molar-refractivity contribution in [2.45, 2.75) is 13.0 Å². The topological polar surface area (TPSA) is 83.7 Å². The van der Waals surface area contributed by atoms with Crippen molar-refractivity contribution in [3.05, 3.63) is 5.89 Å². The molecule has 0 aromatic carbocycles. The molecule has 2 N–H and O–H groups in total. The van der Waals surface area contributed by atoms with Crippen LogP contribution in [0.25, 0.3) is 0 Å². The summed E-state index contributed by atoms with van der Waals surface area (Å²) in [5.74, 6) is 0.530. The average Bonchev–Trinajstić information content (AvgIpc) is 2.83. The largest absolute Gasteiger partial charge is 0.406 e. The van der Waals surface area contributed by atoms with E-state index in [1.54, 1.807) is 12.0 Å². The molecule has 0 fully saturated rings. The molecule has 1 heterocycles. The summed E-state index contributed by atoms with van der Waals surface area (Å²) in [5, 5.41) is 19.9. The number of hydrogen-bond acceptors (Lipinski definition) is 7. The minimum Gasteiger partial charge on any atom is -0.406 e. The van der Waals surface area contributed by atoms with Crippen LogP contribution in [0.5, 0.6) is 0 Å². The minimum atomic E-state index is 0.00894. The van der Waals surface area contributed by atoms with Gasteiger partial charge >= 0.3 is 6.01 Å². The van der Waals surface area contributed by atoms with E-state index in [1.165, 1.54) is 0 Å². The number of aliphatic hydroxyl groups excluding tert-OH is 1. The van der Waals surface area contributed by atoms with E-state index in [2.05, 4.69) is 15.5 Å². The van der Waals surface area contributed by atoms with Crippen LogP contribution in [0.4, 0.5) is 6.01 Å². The van der Waals surface area contributed by atoms with Crippen LogP contribution < -0.4 is 10.2 Å². The van der Waals surface area contributed by atoms with Crippen LogP contribution in [0.2, 0.25) is 0 Å². The second-order valence-electron chi connectivity index (χ2n) is 3.64. The van der Waals surface area contributed by atoms with Gasteiger partial charge in [-0.25, -0.2) is 0 Å². The molecule has 0 saturated heterocycles. The highest BCUT2D eigenvalue weighted by atomic mass is 16.5. The fourth-order valence-corrected chi connectivity index (χ4v) is 1.28. The van der Waals surface area contributed by atoms with Gasteiger partial charge in [0.15, 0.2) is 0 Å². The number of aromatic nitrogens is 2. The first-order valence-electron chi connectivity index (χ1n) is 5.58. The summed E-state index contributed by atoms with van der Waals surface area (Å²) in [6.07, 6.45) is 0. The fraction of sp³-hybridized carbons (Fsp3) is 0.800. The van der Waals surface area contributed by atoms with Crippen molar-refractivity contribution in [3.63, 3.8) is 0 Å². The summed E-state index contributed by atoms with van der Waals surface area (Å²) in [5.41, 5.74) is 0. The molecule has 1 aromatic heterocycles. The molecular formula is C10H20N4O3. The number of nitrogens with one attached hydrogen (secondary N) is 1. The van der Waals surface area contributed by atoms with Gasteiger partial charge in [0, 0.05) is 20.2 Å². The van der Waals surface area contributed by atoms with Crippen molar-refractivity contribution in [2.24, 2.45) is 0 Å². The SMILES string of the molecule is CNC(C)c1nnc(N(CCO)CCOC)o1. The van der Waals surface area contributed by atoms with Gasteiger partial charge in [0.1, 0.15) is 0 Å². The maximum atomic E-state index is 8.97. The van der Waals surface area contributed by atoms with Gasteiger partial charge in [-0.15, -0.1) is 5.10 Å². The molecule has 1 atom stereocenters. The van der Waals surface area contributed by atoms with Crippen LogP contribution in [0.15, 0.2) is 4.42 Å². The van der Waals surface area contributed by atoms with Gasteiger partial charge in [-0.05, 0) is 14.0 Å². The standard InChI is InChI=1S/C10H20N4O3/c1-8(11-2)9-12-13-10(17-9)14(4-6-15)5-7-16-3/h8,11,15H,4-7H2,1-3H3. The Morgan fingerprint density at radius 2 is 2.24 bits per heavy atom. The monoisotopic (exact) mass is 244 g/mol. The van der Waals surface area contributed by atoms with Gasteiger partial charge in [-0.1, -0.05) is 5.10 Å². The molecule has 0 aliphatic rings. The molecule has 98 valence electrons. The third-order valence-corrected chi connectivity index (χ3v) is 2.44. The normalized spacial score (nSPS) is 12.7. The molecule has 0 radical (unpaired) electrons. The molecule has 1 rings (SSSR count). The van der Waals surface area contributed by atoms with E-state index in [4.69, 9.17) is 14.3 Å². The highest BCUT2D eigenvalue weighted by Crippen LogP contribution is 2.16. The molecule has 17 heavy (non-hydrogen) atoms. The van der Waals surface area contributed by atoms with Gasteiger partial charge in [0.25, 0.3) is 0 Å². The number of methoxy groups -OCH3 is 1. The Bertz CT molecular complexity index is 318. The number of ether oxygens (including phenoxy) is 1. The Labute approximate surface area is 101 Å². The molecule has 1 unspecified atom stereocenters. The summed E-state index contributed by atoms with van der Waals surface area (Å²) in [4.78, 5) is 1.79. The molecule has 0 bridgehead atoms. The van der Waals surface area contributed by atoms with Crippen molar-refractivity contribution < 1.29 is 14.3 Å². The number of hydrogen-bond donors (Lipinski definition) is 2. The van der Waals surface area contributed by atoms with E-state index in [-0.39, 0.29) is 12.6 Å². The molecule has 0 saturated carbocycles. The van der Waals surface area contributed by atoms with Gasteiger partial charge in [0.2, 0.25) is 5.89 Å². The van der Waals surface area contributed by atoms with Gasteiger partial charge in [-0.3, -0.25) is 0 Å². The number of rotatable bonds is 8. The van der Waals surface area contributed by atoms with Gasteiger partial charge < -0.3 is 24.5 Å². The Hall–Kier alpha value is -1.18. The molecule has 0 aliphatic carbocycles. The third-order valence-electron chi connectivity index (χ3n) is 2.44. The number of aliphatic hydroxyl groups is 1. The van der Waals surface area contributed by atoms with Crippen LogP contribution in [-0.4, -0.2) is 55.8 Å². The second kappa shape index (κ2) is 7.21. The Morgan fingerprint density at radius 3 is 2.82 bits per heavy atom. The minimum absolute atomic E-state index is 0.00894. The van der Waals surface area contributed by atoms with E-state index >= 15 is 0 Å². The van der Waals surface area contributed by atoms with Crippen molar-refractivity contribution in [1.82, 2.24) is 15.5 Å². The molecule has 1 aromatic rings. The van der Waals surface area contributed by atoms with E-state index < -0.39 is 0 Å². The first-order chi connectivity index (χ1) is 8.22. The second-order valence-corrected chi connectivity index (χ2v) is 3.64. The zero-order valence-corrected chi connectivity index (χ0v) is 10.5. The lowest BCUT2D eigenvalue weighted by Crippen LogP contribution is -2.30. The van der Waals surface area contributed by atoms with Gasteiger partial charge in [0.05, 0.1) is 19.3 Å². The van der Waals surface area contributed by atoms with E-state index in [9.17, 15) is 0 Å². The van der Waals surface area contributed by atoms with E-state index in [0.717, 1.165) is 0 Å². The van der Waals surface area contributed by atoms with Crippen molar-refractivity contribution in [1.29, 1.82) is 0 Å². The smallest absolute Gasteiger partial charge is 0.318 e. The molecule has 7 nitrogen and oxygen atoms in total. The van der Waals surface area contributed by atoms with Crippen molar-refractivity contribution in [2.75, 3.05) is 45.4 Å². The fourth-order valence-electron chi connectivity index (χ4n) is 1.28. The summed E-state index contributed by atoms with van der Waals surface area (Å²) < 4.78 is 10.5. The number of nitrogens with zero attached hydrogens (tertiary/aromatic N) is 3. The lowest BCUT2D eigenvalue weighted by atomic mass is 10.3. The van der Waals surface area contributed by atoms with Crippen LogP contribution in [0.1, 0.15) is 18.9 Å². The molecule has 0 amide bonds. The lowest BCUT2D eigenvalue weighted by molar-refractivity contribution is 0.201. The highest BCUT2D eigenvalue weighted by molar-refractivity contribution is 5.24. The summed E-state index contributed by atoms with van der Waals surface area (Å²) in [6, 6.07) is 0.419. The maximum Gasteiger partial charge on any atom is 0.318 e. The first-order valence-corrected chi connectivity index (χ1v) is 5.58.